The van der Waals surface area contributed by atoms with E-state index in [-0.39, 0.29) is 5.54 Å². The molecule has 0 unspecified atom stereocenters. The zero-order valence-electron chi connectivity index (χ0n) is 14.6. The van der Waals surface area contributed by atoms with Crippen molar-refractivity contribution in [1.29, 1.82) is 0 Å². The van der Waals surface area contributed by atoms with Gasteiger partial charge in [0.05, 0.1) is 6.54 Å². The molecule has 0 amide bonds. The third kappa shape index (κ3) is 6.98. The van der Waals surface area contributed by atoms with Crippen molar-refractivity contribution >= 4 is 5.96 Å². The maximum atomic E-state index is 4.72. The third-order valence-electron chi connectivity index (χ3n) is 4.30. The van der Waals surface area contributed by atoms with E-state index in [0.717, 1.165) is 32.0 Å². The van der Waals surface area contributed by atoms with Crippen molar-refractivity contribution in [3.63, 3.8) is 0 Å². The van der Waals surface area contributed by atoms with Gasteiger partial charge < -0.3 is 15.5 Å². The van der Waals surface area contributed by atoms with Crippen LogP contribution in [0.25, 0.3) is 0 Å². The van der Waals surface area contributed by atoms with Crippen molar-refractivity contribution in [1.82, 2.24) is 15.5 Å². The van der Waals surface area contributed by atoms with Gasteiger partial charge >= 0.3 is 0 Å². The largest absolute Gasteiger partial charge is 0.357 e. The lowest BCUT2D eigenvalue weighted by Crippen LogP contribution is -2.44. The van der Waals surface area contributed by atoms with Crippen LogP contribution in [-0.2, 0) is 0 Å². The van der Waals surface area contributed by atoms with Crippen LogP contribution in [-0.4, -0.2) is 50.1 Å². The molecule has 0 aromatic carbocycles. The maximum absolute atomic E-state index is 4.72. The van der Waals surface area contributed by atoms with Crippen molar-refractivity contribution in [2.45, 2.75) is 58.4 Å². The Hall–Kier alpha value is -1.03. The lowest BCUT2D eigenvalue weighted by Gasteiger charge is -2.31. The molecule has 4 heteroatoms. The number of rotatable bonds is 7. The van der Waals surface area contributed by atoms with Gasteiger partial charge in [0.15, 0.2) is 5.96 Å². The minimum absolute atomic E-state index is 0.0776. The van der Waals surface area contributed by atoms with Gasteiger partial charge in [-0.3, -0.25) is 4.99 Å². The Morgan fingerprint density at radius 1 is 1.29 bits per heavy atom. The maximum Gasteiger partial charge on any atom is 0.191 e. The number of allylic oxidation sites excluding steroid dienone is 1. The summed E-state index contributed by atoms with van der Waals surface area (Å²) >= 11 is 0. The molecule has 1 aliphatic rings. The summed E-state index contributed by atoms with van der Waals surface area (Å²) in [6.07, 6.45) is 8.83. The molecule has 4 nitrogen and oxygen atoms in total. The average molecular weight is 294 g/mol. The van der Waals surface area contributed by atoms with E-state index in [2.05, 4.69) is 56.5 Å². The van der Waals surface area contributed by atoms with Crippen LogP contribution in [0.2, 0.25) is 0 Å². The molecule has 0 aromatic heterocycles. The zero-order valence-corrected chi connectivity index (χ0v) is 14.6. The van der Waals surface area contributed by atoms with E-state index < -0.39 is 0 Å². The topological polar surface area (TPSA) is 39.7 Å². The molecular formula is C17H34N4. The van der Waals surface area contributed by atoms with E-state index in [1.807, 2.05) is 0 Å². The van der Waals surface area contributed by atoms with E-state index >= 15 is 0 Å². The smallest absolute Gasteiger partial charge is 0.191 e. The van der Waals surface area contributed by atoms with Crippen molar-refractivity contribution in [3.05, 3.63) is 11.6 Å². The van der Waals surface area contributed by atoms with Crippen LogP contribution >= 0.6 is 0 Å². The normalized spacial score (nSPS) is 16.9. The first kappa shape index (κ1) is 18.0. The van der Waals surface area contributed by atoms with Crippen molar-refractivity contribution in [2.24, 2.45) is 4.99 Å². The van der Waals surface area contributed by atoms with Crippen molar-refractivity contribution in [2.75, 3.05) is 33.7 Å². The number of hydrogen-bond acceptors (Lipinski definition) is 2. The first-order valence-electron chi connectivity index (χ1n) is 8.33. The summed E-state index contributed by atoms with van der Waals surface area (Å²) in [5.74, 6) is 0.934. The first-order chi connectivity index (χ1) is 9.95. The van der Waals surface area contributed by atoms with E-state index in [0.29, 0.717) is 0 Å². The van der Waals surface area contributed by atoms with Crippen molar-refractivity contribution < 1.29 is 0 Å². The molecule has 0 fully saturated rings. The highest BCUT2D eigenvalue weighted by Gasteiger charge is 2.19. The van der Waals surface area contributed by atoms with Gasteiger partial charge in [-0.2, -0.15) is 0 Å². The first-order valence-corrected chi connectivity index (χ1v) is 8.33. The molecule has 0 bridgehead atoms. The van der Waals surface area contributed by atoms with Gasteiger partial charge in [-0.1, -0.05) is 11.6 Å². The predicted molar refractivity (Wildman–Crippen MR) is 92.9 cm³/mol. The number of likely N-dealkylation sites (N-methyl/N-ethyl adjacent to an activating group) is 1. The second-order valence-corrected chi connectivity index (χ2v) is 6.69. The predicted octanol–water partition coefficient (Wildman–Crippen LogP) is 2.77. The Kier molecular flexibility index (Phi) is 7.79. The summed E-state index contributed by atoms with van der Waals surface area (Å²) < 4.78 is 0. The number of aliphatic imine (C=N–C) groups is 1. The van der Waals surface area contributed by atoms with Gasteiger partial charge in [0.1, 0.15) is 0 Å². The summed E-state index contributed by atoms with van der Waals surface area (Å²) in [6.45, 7) is 9.20. The van der Waals surface area contributed by atoms with E-state index in [1.54, 1.807) is 5.57 Å². The highest BCUT2D eigenvalue weighted by atomic mass is 15.2. The van der Waals surface area contributed by atoms with Crippen LogP contribution in [0.15, 0.2) is 16.6 Å². The van der Waals surface area contributed by atoms with Gasteiger partial charge in [0.2, 0.25) is 0 Å². The molecule has 1 aliphatic carbocycles. The Labute approximate surface area is 131 Å². The van der Waals surface area contributed by atoms with Crippen LogP contribution in [0.5, 0.6) is 0 Å². The SMILES string of the molecule is CCNC(=NCC(C)(C)N(C)C)NCCC1=CCCCC1. The quantitative estimate of drug-likeness (QED) is 0.431. The molecule has 0 atom stereocenters. The third-order valence-corrected chi connectivity index (χ3v) is 4.30. The number of guanidine groups is 1. The van der Waals surface area contributed by atoms with E-state index in [1.165, 1.54) is 25.7 Å². The van der Waals surface area contributed by atoms with Crippen LogP contribution in [0.4, 0.5) is 0 Å². The lowest BCUT2D eigenvalue weighted by molar-refractivity contribution is 0.204. The second kappa shape index (κ2) is 9.08. The van der Waals surface area contributed by atoms with Crippen LogP contribution in [0, 0.1) is 0 Å². The van der Waals surface area contributed by atoms with E-state index in [4.69, 9.17) is 4.99 Å². The Balaban J connectivity index is 2.43. The number of nitrogens with zero attached hydrogens (tertiary/aromatic N) is 2. The second-order valence-electron chi connectivity index (χ2n) is 6.69. The molecular weight excluding hydrogens is 260 g/mol. The summed E-state index contributed by atoms with van der Waals surface area (Å²) in [7, 11) is 4.21. The Morgan fingerprint density at radius 3 is 2.62 bits per heavy atom. The summed E-state index contributed by atoms with van der Waals surface area (Å²) in [6, 6.07) is 0. The van der Waals surface area contributed by atoms with Gasteiger partial charge in [0, 0.05) is 18.6 Å². The lowest BCUT2D eigenvalue weighted by atomic mass is 9.97. The molecule has 0 radical (unpaired) electrons. The standard InChI is InChI=1S/C17H34N4/c1-6-18-16(20-14-17(2,3)21(4)5)19-13-12-15-10-8-7-9-11-15/h10H,6-9,11-14H2,1-5H3,(H2,18,19,20). The fourth-order valence-corrected chi connectivity index (χ4v) is 2.23. The summed E-state index contributed by atoms with van der Waals surface area (Å²) in [5.41, 5.74) is 1.69. The minimum atomic E-state index is 0.0776. The highest BCUT2D eigenvalue weighted by molar-refractivity contribution is 5.79. The van der Waals surface area contributed by atoms with Gasteiger partial charge in [-0.25, -0.2) is 0 Å². The Morgan fingerprint density at radius 2 is 2.05 bits per heavy atom. The molecule has 0 saturated heterocycles. The molecule has 21 heavy (non-hydrogen) atoms. The Bertz CT molecular complexity index is 356. The number of nitrogens with one attached hydrogen (secondary N) is 2. The molecule has 0 saturated carbocycles. The molecule has 2 N–H and O–H groups in total. The fourth-order valence-electron chi connectivity index (χ4n) is 2.23. The number of hydrogen-bond donors (Lipinski definition) is 2. The minimum Gasteiger partial charge on any atom is -0.357 e. The molecule has 0 aromatic rings. The average Bonchev–Trinajstić information content (AvgIpc) is 2.46. The zero-order chi connectivity index (χ0) is 15.7. The molecule has 0 aliphatic heterocycles. The highest BCUT2D eigenvalue weighted by Crippen LogP contribution is 2.19. The summed E-state index contributed by atoms with van der Waals surface area (Å²) in [5, 5.41) is 6.79. The molecule has 122 valence electrons. The van der Waals surface area contributed by atoms with Crippen molar-refractivity contribution in [3.8, 4) is 0 Å². The van der Waals surface area contributed by atoms with Crippen LogP contribution in [0.3, 0.4) is 0 Å². The monoisotopic (exact) mass is 294 g/mol. The molecule has 1 rings (SSSR count). The van der Waals surface area contributed by atoms with Crippen LogP contribution in [0.1, 0.15) is 52.9 Å². The molecule has 0 heterocycles. The van der Waals surface area contributed by atoms with Gasteiger partial charge in [0.25, 0.3) is 0 Å². The summed E-state index contributed by atoms with van der Waals surface area (Å²) in [4.78, 5) is 6.94. The molecule has 0 spiro atoms. The van der Waals surface area contributed by atoms with E-state index in [9.17, 15) is 0 Å². The van der Waals surface area contributed by atoms with Crippen LogP contribution < -0.4 is 10.6 Å². The van der Waals surface area contributed by atoms with Gasteiger partial charge in [-0.05, 0) is 67.0 Å². The fraction of sp³-hybridized carbons (Fsp3) is 0.824. The van der Waals surface area contributed by atoms with Gasteiger partial charge in [-0.15, -0.1) is 0 Å².